The predicted molar refractivity (Wildman–Crippen MR) is 133 cm³/mol. The number of phenols is 1. The third kappa shape index (κ3) is 3.91. The molecule has 0 aliphatic carbocycles. The Labute approximate surface area is 201 Å². The quantitative estimate of drug-likeness (QED) is 0.198. The number of thioether (sulfide) groups is 1. The number of thiophene rings is 1. The van der Waals surface area contributed by atoms with Gasteiger partial charge in [0.15, 0.2) is 5.16 Å². The van der Waals surface area contributed by atoms with E-state index < -0.39 is 5.63 Å². The summed E-state index contributed by atoms with van der Waals surface area (Å²) in [5.41, 5.74) is 2.59. The topological polar surface area (TPSA) is 85.3 Å². The van der Waals surface area contributed by atoms with Gasteiger partial charge in [-0.25, -0.2) is 14.2 Å². The molecule has 5 rings (SSSR count). The Bertz CT molecular complexity index is 1670. The molecule has 0 bridgehead atoms. The van der Waals surface area contributed by atoms with E-state index in [0.717, 1.165) is 27.6 Å². The zero-order valence-electron chi connectivity index (χ0n) is 18.3. The Balaban J connectivity index is 1.54. The van der Waals surface area contributed by atoms with Gasteiger partial charge in [-0.3, -0.25) is 9.36 Å². The highest BCUT2D eigenvalue weighted by Crippen LogP contribution is 2.34. The van der Waals surface area contributed by atoms with Crippen molar-refractivity contribution in [3.63, 3.8) is 0 Å². The van der Waals surface area contributed by atoms with Crippen molar-refractivity contribution in [1.82, 2.24) is 9.55 Å². The van der Waals surface area contributed by atoms with Crippen LogP contribution in [0, 0.1) is 5.82 Å². The number of fused-ring (bicyclic) bond motifs is 2. The highest BCUT2D eigenvalue weighted by atomic mass is 32.2. The van der Waals surface area contributed by atoms with E-state index in [1.54, 1.807) is 19.2 Å². The van der Waals surface area contributed by atoms with Gasteiger partial charge in [0.1, 0.15) is 22.0 Å². The van der Waals surface area contributed by atoms with Crippen molar-refractivity contribution in [2.75, 3.05) is 0 Å². The number of rotatable bonds is 5. The second kappa shape index (κ2) is 8.73. The summed E-state index contributed by atoms with van der Waals surface area (Å²) < 4.78 is 20.1. The van der Waals surface area contributed by atoms with Crippen LogP contribution in [0.2, 0.25) is 0 Å². The highest BCUT2D eigenvalue weighted by Gasteiger charge is 2.17. The van der Waals surface area contributed by atoms with Gasteiger partial charge >= 0.3 is 5.63 Å². The maximum atomic E-state index is 13.3. The fourth-order valence-corrected chi connectivity index (χ4v) is 5.83. The molecular formula is C25H19FN2O4S2. The molecule has 0 spiro atoms. The molecule has 172 valence electrons. The number of benzene rings is 2. The van der Waals surface area contributed by atoms with Crippen molar-refractivity contribution in [2.45, 2.75) is 24.3 Å². The van der Waals surface area contributed by atoms with Crippen LogP contribution in [0.15, 0.2) is 67.0 Å². The van der Waals surface area contributed by atoms with Crippen LogP contribution in [0.3, 0.4) is 0 Å². The summed E-state index contributed by atoms with van der Waals surface area (Å²) in [6.07, 6.45) is 0.634. The normalized spacial score (nSPS) is 11.5. The molecule has 34 heavy (non-hydrogen) atoms. The molecule has 3 heterocycles. The summed E-state index contributed by atoms with van der Waals surface area (Å²) in [6.45, 7) is 1.94. The second-order valence-corrected chi connectivity index (χ2v) is 9.61. The van der Waals surface area contributed by atoms with Crippen molar-refractivity contribution < 1.29 is 13.9 Å². The first-order chi connectivity index (χ1) is 16.4. The summed E-state index contributed by atoms with van der Waals surface area (Å²) in [5, 5.41) is 13.7. The van der Waals surface area contributed by atoms with E-state index in [4.69, 9.17) is 9.40 Å². The number of phenolic OH excluding ortho intramolecular Hbond substituents is 1. The third-order valence-corrected chi connectivity index (χ3v) is 7.65. The predicted octanol–water partition coefficient (Wildman–Crippen LogP) is 5.47. The van der Waals surface area contributed by atoms with Gasteiger partial charge in [0, 0.05) is 41.3 Å². The number of aromatic hydroxyl groups is 1. The summed E-state index contributed by atoms with van der Waals surface area (Å²) in [4.78, 5) is 30.6. The summed E-state index contributed by atoms with van der Waals surface area (Å²) in [6, 6.07) is 10.7. The Morgan fingerprint density at radius 1 is 1.15 bits per heavy atom. The molecule has 0 unspecified atom stereocenters. The maximum Gasteiger partial charge on any atom is 0.336 e. The van der Waals surface area contributed by atoms with Gasteiger partial charge < -0.3 is 9.52 Å². The van der Waals surface area contributed by atoms with Crippen LogP contribution in [0.1, 0.15) is 18.1 Å². The van der Waals surface area contributed by atoms with Gasteiger partial charge in [-0.05, 0) is 41.3 Å². The molecule has 0 aliphatic heterocycles. The van der Waals surface area contributed by atoms with Crippen LogP contribution in [-0.2, 0) is 19.2 Å². The van der Waals surface area contributed by atoms with Crippen molar-refractivity contribution >= 4 is 44.3 Å². The average Bonchev–Trinajstić information content (AvgIpc) is 3.24. The first-order valence-corrected chi connectivity index (χ1v) is 12.4. The molecule has 6 nitrogen and oxygen atoms in total. The van der Waals surface area contributed by atoms with E-state index in [1.165, 1.54) is 51.9 Å². The molecule has 0 atom stereocenters. The van der Waals surface area contributed by atoms with Gasteiger partial charge in [-0.1, -0.05) is 30.8 Å². The Kier molecular flexibility index (Phi) is 5.75. The minimum atomic E-state index is -0.508. The fourth-order valence-electron chi connectivity index (χ4n) is 3.88. The molecule has 2 aromatic carbocycles. The van der Waals surface area contributed by atoms with E-state index >= 15 is 0 Å². The number of hydrogen-bond acceptors (Lipinski definition) is 7. The second-order valence-electron chi connectivity index (χ2n) is 7.80. The standard InChI is InChI=1S/C25H19FN2O4S2/c1-3-13-8-17-15(9-21(30)32-20(17)10-19(13)29)11-34-25-27-23-22(24(31)28(25)2)18(12-33-23)14-4-6-16(26)7-5-14/h4-10,12,29H,3,11H2,1-2H3. The summed E-state index contributed by atoms with van der Waals surface area (Å²) in [7, 11) is 1.66. The van der Waals surface area contributed by atoms with Crippen molar-refractivity contribution in [2.24, 2.45) is 7.05 Å². The number of halogens is 1. The van der Waals surface area contributed by atoms with Crippen molar-refractivity contribution in [3.8, 4) is 16.9 Å². The molecule has 9 heteroatoms. The average molecular weight is 495 g/mol. The van der Waals surface area contributed by atoms with Gasteiger partial charge in [-0.2, -0.15) is 0 Å². The zero-order valence-corrected chi connectivity index (χ0v) is 19.9. The number of aromatic nitrogens is 2. The molecular weight excluding hydrogens is 475 g/mol. The van der Waals surface area contributed by atoms with Crippen LogP contribution in [-0.4, -0.2) is 14.7 Å². The molecule has 1 N–H and O–H groups in total. The smallest absolute Gasteiger partial charge is 0.336 e. The number of nitrogens with zero attached hydrogens (tertiary/aromatic N) is 2. The highest BCUT2D eigenvalue weighted by molar-refractivity contribution is 7.98. The lowest BCUT2D eigenvalue weighted by molar-refractivity contribution is 0.466. The van der Waals surface area contributed by atoms with Gasteiger partial charge in [0.2, 0.25) is 0 Å². The Morgan fingerprint density at radius 2 is 1.91 bits per heavy atom. The van der Waals surface area contributed by atoms with Crippen LogP contribution in [0.5, 0.6) is 5.75 Å². The first kappa shape index (κ1) is 22.4. The first-order valence-electron chi connectivity index (χ1n) is 10.5. The minimum absolute atomic E-state index is 0.0899. The largest absolute Gasteiger partial charge is 0.508 e. The zero-order chi connectivity index (χ0) is 24.0. The lowest BCUT2D eigenvalue weighted by Gasteiger charge is -2.10. The Hall–Kier alpha value is -3.43. The molecule has 0 saturated carbocycles. The van der Waals surface area contributed by atoms with Crippen LogP contribution < -0.4 is 11.2 Å². The fraction of sp³-hybridized carbons (Fsp3) is 0.160. The molecule has 0 aliphatic rings. The molecule has 0 radical (unpaired) electrons. The van der Waals surface area contributed by atoms with Crippen LogP contribution >= 0.6 is 23.1 Å². The van der Waals surface area contributed by atoms with Crippen molar-refractivity contribution in [3.05, 3.63) is 85.6 Å². The number of aryl methyl sites for hydroxylation is 1. The van der Waals surface area contributed by atoms with Gasteiger partial charge in [0.25, 0.3) is 5.56 Å². The van der Waals surface area contributed by atoms with Crippen molar-refractivity contribution in [1.29, 1.82) is 0 Å². The van der Waals surface area contributed by atoms with E-state index in [2.05, 4.69) is 0 Å². The van der Waals surface area contributed by atoms with E-state index in [9.17, 15) is 19.1 Å². The molecule has 5 aromatic rings. The summed E-state index contributed by atoms with van der Waals surface area (Å²) in [5.74, 6) is 0.140. The third-order valence-electron chi connectivity index (χ3n) is 5.70. The van der Waals surface area contributed by atoms with Gasteiger partial charge in [0.05, 0.1) is 5.39 Å². The maximum absolute atomic E-state index is 13.3. The van der Waals surface area contributed by atoms with Gasteiger partial charge in [-0.15, -0.1) is 11.3 Å². The van der Waals surface area contributed by atoms with E-state index in [0.29, 0.717) is 33.1 Å². The van der Waals surface area contributed by atoms with E-state index in [-0.39, 0.29) is 17.1 Å². The summed E-state index contributed by atoms with van der Waals surface area (Å²) >= 11 is 2.70. The minimum Gasteiger partial charge on any atom is -0.508 e. The lowest BCUT2D eigenvalue weighted by atomic mass is 10.1. The molecule has 0 fully saturated rings. The van der Waals surface area contributed by atoms with Crippen LogP contribution in [0.4, 0.5) is 4.39 Å². The molecule has 0 amide bonds. The van der Waals surface area contributed by atoms with E-state index in [1.807, 2.05) is 18.4 Å². The monoisotopic (exact) mass is 494 g/mol. The SMILES string of the molecule is CCc1cc2c(CSc3nc4scc(-c5ccc(F)cc5)c4c(=O)n3C)cc(=O)oc2cc1O. The van der Waals surface area contributed by atoms with Crippen LogP contribution in [0.25, 0.3) is 32.3 Å². The molecule has 0 saturated heterocycles. The Morgan fingerprint density at radius 3 is 2.65 bits per heavy atom. The lowest BCUT2D eigenvalue weighted by Crippen LogP contribution is -2.19. The number of hydrogen-bond donors (Lipinski definition) is 1. The molecule has 3 aromatic heterocycles.